The van der Waals surface area contributed by atoms with Crippen molar-refractivity contribution < 1.29 is 27.9 Å². The van der Waals surface area contributed by atoms with Gasteiger partial charge < -0.3 is 5.11 Å². The second-order valence-corrected chi connectivity index (χ2v) is 7.73. The van der Waals surface area contributed by atoms with Crippen LogP contribution in [0, 0.1) is 24.4 Å². The van der Waals surface area contributed by atoms with Gasteiger partial charge in [0.15, 0.2) is 11.6 Å². The molecule has 1 saturated heterocycles. The SMILES string of the molecule is Cc1cc(/C(O)=C2/C(=O)C(=O)N(c3ccc(F)c(F)c3)C2c2cccs2)ccc1F. The fourth-order valence-corrected chi connectivity index (χ4v) is 4.22. The van der Waals surface area contributed by atoms with Gasteiger partial charge in [-0.25, -0.2) is 13.2 Å². The van der Waals surface area contributed by atoms with Crippen LogP contribution in [0.2, 0.25) is 0 Å². The van der Waals surface area contributed by atoms with Crippen molar-refractivity contribution in [3.05, 3.63) is 92.9 Å². The number of carbonyl (C=O) groups is 2. The molecule has 152 valence electrons. The Bertz CT molecular complexity index is 1200. The summed E-state index contributed by atoms with van der Waals surface area (Å²) in [6, 6.07) is 9.00. The molecule has 3 aromatic rings. The van der Waals surface area contributed by atoms with Crippen molar-refractivity contribution in [3.63, 3.8) is 0 Å². The van der Waals surface area contributed by atoms with E-state index in [0.29, 0.717) is 4.88 Å². The highest BCUT2D eigenvalue weighted by atomic mass is 32.1. The Kier molecular flexibility index (Phi) is 4.95. The van der Waals surface area contributed by atoms with E-state index in [1.807, 2.05) is 0 Å². The number of aryl methyl sites for hydroxylation is 1. The molecule has 1 aromatic heterocycles. The van der Waals surface area contributed by atoms with E-state index < -0.39 is 40.9 Å². The molecule has 30 heavy (non-hydrogen) atoms. The standard InChI is InChI=1S/C22H14F3NO3S/c1-11-9-12(4-6-14(11)23)20(27)18-19(17-3-2-8-30-17)26(22(29)21(18)28)13-5-7-15(24)16(25)10-13/h2-10,19,27H,1H3/b20-18-. The van der Waals surface area contributed by atoms with Gasteiger partial charge in [0.2, 0.25) is 0 Å². The molecular weight excluding hydrogens is 415 g/mol. The molecule has 0 spiro atoms. The van der Waals surface area contributed by atoms with Crippen LogP contribution < -0.4 is 4.90 Å². The molecule has 1 aliphatic heterocycles. The third-order valence-electron chi connectivity index (χ3n) is 4.87. The maximum atomic E-state index is 13.8. The smallest absolute Gasteiger partial charge is 0.300 e. The van der Waals surface area contributed by atoms with Crippen molar-refractivity contribution in [2.24, 2.45) is 0 Å². The lowest BCUT2D eigenvalue weighted by Gasteiger charge is -2.24. The van der Waals surface area contributed by atoms with Crippen LogP contribution in [-0.4, -0.2) is 16.8 Å². The summed E-state index contributed by atoms with van der Waals surface area (Å²) in [5.41, 5.74) is 0.183. The molecule has 1 unspecified atom stereocenters. The van der Waals surface area contributed by atoms with Crippen LogP contribution in [-0.2, 0) is 9.59 Å². The predicted octanol–water partition coefficient (Wildman–Crippen LogP) is 5.10. The lowest BCUT2D eigenvalue weighted by atomic mass is 9.98. The monoisotopic (exact) mass is 429 g/mol. The largest absolute Gasteiger partial charge is 0.507 e. The fraction of sp³-hybridized carbons (Fsp3) is 0.0909. The quantitative estimate of drug-likeness (QED) is 0.358. The van der Waals surface area contributed by atoms with Crippen molar-refractivity contribution in [1.29, 1.82) is 0 Å². The first-order valence-electron chi connectivity index (χ1n) is 8.85. The maximum Gasteiger partial charge on any atom is 0.300 e. The second kappa shape index (κ2) is 7.46. The molecule has 0 aliphatic carbocycles. The molecule has 0 saturated carbocycles. The summed E-state index contributed by atoms with van der Waals surface area (Å²) < 4.78 is 40.9. The first-order chi connectivity index (χ1) is 14.3. The number of carbonyl (C=O) groups excluding carboxylic acids is 2. The van der Waals surface area contributed by atoms with E-state index in [9.17, 15) is 27.9 Å². The summed E-state index contributed by atoms with van der Waals surface area (Å²) in [4.78, 5) is 27.3. The highest BCUT2D eigenvalue weighted by Crippen LogP contribution is 2.43. The number of benzene rings is 2. The minimum absolute atomic E-state index is 0.0243. The van der Waals surface area contributed by atoms with Gasteiger partial charge in [-0.05, 0) is 54.3 Å². The summed E-state index contributed by atoms with van der Waals surface area (Å²) in [5.74, 6) is -5.18. The Labute approximate surface area is 173 Å². The summed E-state index contributed by atoms with van der Waals surface area (Å²) in [6.45, 7) is 1.50. The zero-order valence-electron chi connectivity index (χ0n) is 15.5. The number of Topliss-reactive ketones (excluding diaryl/α,β-unsaturated/α-hetero) is 1. The van der Waals surface area contributed by atoms with Gasteiger partial charge in [0.1, 0.15) is 17.6 Å². The van der Waals surface area contributed by atoms with Gasteiger partial charge in [-0.2, -0.15) is 0 Å². The molecule has 4 nitrogen and oxygen atoms in total. The van der Waals surface area contributed by atoms with Crippen LogP contribution >= 0.6 is 11.3 Å². The van der Waals surface area contributed by atoms with E-state index in [2.05, 4.69) is 0 Å². The van der Waals surface area contributed by atoms with Gasteiger partial charge in [0.25, 0.3) is 11.7 Å². The Morgan fingerprint density at radius 3 is 2.37 bits per heavy atom. The first-order valence-corrected chi connectivity index (χ1v) is 9.73. The molecule has 1 amide bonds. The van der Waals surface area contributed by atoms with Gasteiger partial charge in [-0.1, -0.05) is 6.07 Å². The Morgan fingerprint density at radius 2 is 1.73 bits per heavy atom. The van der Waals surface area contributed by atoms with E-state index in [4.69, 9.17) is 0 Å². The third kappa shape index (κ3) is 3.19. The maximum absolute atomic E-state index is 13.8. The molecule has 4 rings (SSSR count). The number of aliphatic hydroxyl groups excluding tert-OH is 1. The fourth-order valence-electron chi connectivity index (χ4n) is 3.40. The number of rotatable bonds is 3. The molecule has 0 bridgehead atoms. The molecule has 1 atom stereocenters. The van der Waals surface area contributed by atoms with Gasteiger partial charge in [-0.15, -0.1) is 11.3 Å². The molecule has 1 N–H and O–H groups in total. The topological polar surface area (TPSA) is 57.6 Å². The van der Waals surface area contributed by atoms with E-state index in [-0.39, 0.29) is 22.4 Å². The molecule has 1 fully saturated rings. The van der Waals surface area contributed by atoms with Crippen molar-refractivity contribution in [3.8, 4) is 0 Å². The molecule has 8 heteroatoms. The lowest BCUT2D eigenvalue weighted by molar-refractivity contribution is -0.132. The average molecular weight is 429 g/mol. The van der Waals surface area contributed by atoms with Gasteiger partial charge in [-0.3, -0.25) is 14.5 Å². The van der Waals surface area contributed by atoms with Crippen LogP contribution in [0.15, 0.2) is 59.5 Å². The number of thiophene rings is 1. The summed E-state index contributed by atoms with van der Waals surface area (Å²) >= 11 is 1.23. The number of halogens is 3. The van der Waals surface area contributed by atoms with Gasteiger partial charge in [0.05, 0.1) is 5.57 Å². The van der Waals surface area contributed by atoms with Crippen molar-refractivity contribution in [2.45, 2.75) is 13.0 Å². The minimum Gasteiger partial charge on any atom is -0.507 e. The Hall–Kier alpha value is -3.39. The highest BCUT2D eigenvalue weighted by Gasteiger charge is 2.47. The van der Waals surface area contributed by atoms with Crippen molar-refractivity contribution in [1.82, 2.24) is 0 Å². The molecule has 1 aliphatic rings. The predicted molar refractivity (Wildman–Crippen MR) is 107 cm³/mol. The summed E-state index contributed by atoms with van der Waals surface area (Å²) in [7, 11) is 0. The Morgan fingerprint density at radius 1 is 1.00 bits per heavy atom. The molecular formula is C22H14F3NO3S. The van der Waals surface area contributed by atoms with E-state index in [0.717, 1.165) is 23.1 Å². The van der Waals surface area contributed by atoms with E-state index in [1.54, 1.807) is 17.5 Å². The number of amides is 1. The van der Waals surface area contributed by atoms with Crippen molar-refractivity contribution >= 4 is 34.5 Å². The van der Waals surface area contributed by atoms with Gasteiger partial charge in [0, 0.05) is 22.2 Å². The first kappa shape index (κ1) is 19.9. The number of aliphatic hydroxyl groups is 1. The number of hydrogen-bond donors (Lipinski definition) is 1. The van der Waals surface area contributed by atoms with E-state index in [1.165, 1.54) is 36.5 Å². The Balaban J connectivity index is 1.93. The molecule has 0 radical (unpaired) electrons. The number of nitrogens with zero attached hydrogens (tertiary/aromatic N) is 1. The van der Waals surface area contributed by atoms with E-state index >= 15 is 0 Å². The van der Waals surface area contributed by atoms with Crippen LogP contribution in [0.3, 0.4) is 0 Å². The highest BCUT2D eigenvalue weighted by molar-refractivity contribution is 7.10. The summed E-state index contributed by atoms with van der Waals surface area (Å²) in [5, 5.41) is 12.6. The molecule has 2 heterocycles. The zero-order valence-corrected chi connectivity index (χ0v) is 16.3. The second-order valence-electron chi connectivity index (χ2n) is 6.75. The number of ketones is 1. The molecule has 2 aromatic carbocycles. The van der Waals surface area contributed by atoms with Gasteiger partial charge >= 0.3 is 0 Å². The van der Waals surface area contributed by atoms with Crippen LogP contribution in [0.4, 0.5) is 18.9 Å². The summed E-state index contributed by atoms with van der Waals surface area (Å²) in [6.07, 6.45) is 0. The average Bonchev–Trinajstić information content (AvgIpc) is 3.33. The number of anilines is 1. The van der Waals surface area contributed by atoms with Crippen LogP contribution in [0.5, 0.6) is 0 Å². The van der Waals surface area contributed by atoms with Crippen LogP contribution in [0.1, 0.15) is 22.0 Å². The zero-order chi connectivity index (χ0) is 21.6. The third-order valence-corrected chi connectivity index (χ3v) is 5.79. The minimum atomic E-state index is -1.17. The normalized spacial score (nSPS) is 18.3. The van der Waals surface area contributed by atoms with Crippen molar-refractivity contribution in [2.75, 3.05) is 4.90 Å². The lowest BCUT2D eigenvalue weighted by Crippen LogP contribution is -2.29. The number of hydrogen-bond acceptors (Lipinski definition) is 4. The van der Waals surface area contributed by atoms with Crippen LogP contribution in [0.25, 0.3) is 5.76 Å².